The quantitative estimate of drug-likeness (QED) is 0.856. The van der Waals surface area contributed by atoms with Crippen LogP contribution in [0.4, 0.5) is 4.39 Å². The number of hydrogen-bond donors (Lipinski definition) is 1. The smallest absolute Gasteiger partial charge is 0.123 e. The Morgan fingerprint density at radius 2 is 2.00 bits per heavy atom. The largest absolute Gasteiger partial charge is 0.313 e. The second kappa shape index (κ2) is 5.23. The lowest BCUT2D eigenvalue weighted by molar-refractivity contribution is 0.589. The molecule has 84 valence electrons. The molecule has 1 aromatic heterocycles. The minimum atomic E-state index is -0.185. The van der Waals surface area contributed by atoms with Crippen LogP contribution in [0.25, 0.3) is 0 Å². The van der Waals surface area contributed by atoms with Crippen LogP contribution in [0.5, 0.6) is 0 Å². The van der Waals surface area contributed by atoms with Gasteiger partial charge < -0.3 is 5.32 Å². The molecule has 16 heavy (non-hydrogen) atoms. The second-order valence-corrected chi connectivity index (χ2v) is 4.71. The van der Waals surface area contributed by atoms with Gasteiger partial charge in [-0.1, -0.05) is 18.2 Å². The summed E-state index contributed by atoms with van der Waals surface area (Å²) < 4.78 is 12.8. The van der Waals surface area contributed by atoms with E-state index in [-0.39, 0.29) is 11.9 Å². The number of benzene rings is 1. The summed E-state index contributed by atoms with van der Waals surface area (Å²) in [5, 5.41) is 5.34. The normalized spacial score (nSPS) is 12.6. The first kappa shape index (κ1) is 11.3. The Bertz CT molecular complexity index is 422. The van der Waals surface area contributed by atoms with Gasteiger partial charge >= 0.3 is 0 Å². The van der Waals surface area contributed by atoms with Crippen molar-refractivity contribution in [3.63, 3.8) is 0 Å². The predicted octanol–water partition coefficient (Wildman–Crippen LogP) is 3.39. The molecule has 0 spiro atoms. The highest BCUT2D eigenvalue weighted by Gasteiger charge is 2.10. The third-order valence-electron chi connectivity index (χ3n) is 2.61. The molecule has 3 heteroatoms. The highest BCUT2D eigenvalue weighted by Crippen LogP contribution is 2.21. The van der Waals surface area contributed by atoms with Crippen molar-refractivity contribution in [2.24, 2.45) is 0 Å². The van der Waals surface area contributed by atoms with Gasteiger partial charge in [-0.3, -0.25) is 0 Å². The van der Waals surface area contributed by atoms with Gasteiger partial charge in [0.1, 0.15) is 5.82 Å². The average Bonchev–Trinajstić information content (AvgIpc) is 2.80. The molecule has 0 fully saturated rings. The molecule has 1 unspecified atom stereocenters. The first-order valence-electron chi connectivity index (χ1n) is 5.24. The summed E-state index contributed by atoms with van der Waals surface area (Å²) in [7, 11) is 1.93. The molecular formula is C13H14FNS. The standard InChI is InChI=1S/C13H14FNS/c1-15-13(9-12-3-2-8-16-12)10-4-6-11(14)7-5-10/h2-8,13,15H,9H2,1H3. The fourth-order valence-corrected chi connectivity index (χ4v) is 2.46. The molecule has 0 saturated heterocycles. The number of thiophene rings is 1. The zero-order chi connectivity index (χ0) is 11.4. The minimum Gasteiger partial charge on any atom is -0.313 e. The molecular weight excluding hydrogens is 221 g/mol. The van der Waals surface area contributed by atoms with Crippen molar-refractivity contribution in [3.05, 3.63) is 58.0 Å². The number of nitrogens with one attached hydrogen (secondary N) is 1. The summed E-state index contributed by atoms with van der Waals surface area (Å²) in [5.74, 6) is -0.185. The molecule has 0 radical (unpaired) electrons. The maximum atomic E-state index is 12.8. The maximum absolute atomic E-state index is 12.8. The van der Waals surface area contributed by atoms with Crippen LogP contribution in [0.2, 0.25) is 0 Å². The maximum Gasteiger partial charge on any atom is 0.123 e. The minimum absolute atomic E-state index is 0.185. The average molecular weight is 235 g/mol. The summed E-state index contributed by atoms with van der Waals surface area (Å²) in [6, 6.07) is 11.1. The van der Waals surface area contributed by atoms with E-state index in [1.54, 1.807) is 11.3 Å². The highest BCUT2D eigenvalue weighted by atomic mass is 32.1. The molecule has 1 N–H and O–H groups in total. The molecule has 1 nitrogen and oxygen atoms in total. The second-order valence-electron chi connectivity index (χ2n) is 3.68. The Labute approximate surface area is 98.9 Å². The monoisotopic (exact) mass is 235 g/mol. The predicted molar refractivity (Wildman–Crippen MR) is 66.2 cm³/mol. The van der Waals surface area contributed by atoms with E-state index in [0.717, 1.165) is 12.0 Å². The van der Waals surface area contributed by atoms with Gasteiger partial charge in [0.25, 0.3) is 0 Å². The molecule has 0 saturated carbocycles. The van der Waals surface area contributed by atoms with Gasteiger partial charge in [-0.15, -0.1) is 11.3 Å². The molecule has 1 heterocycles. The van der Waals surface area contributed by atoms with Crippen molar-refractivity contribution in [1.29, 1.82) is 0 Å². The van der Waals surface area contributed by atoms with E-state index in [1.165, 1.54) is 17.0 Å². The Morgan fingerprint density at radius 1 is 1.25 bits per heavy atom. The zero-order valence-corrected chi connectivity index (χ0v) is 9.93. The van der Waals surface area contributed by atoms with Crippen LogP contribution >= 0.6 is 11.3 Å². The van der Waals surface area contributed by atoms with Gasteiger partial charge in [-0.25, -0.2) is 4.39 Å². The lowest BCUT2D eigenvalue weighted by Crippen LogP contribution is -2.18. The summed E-state index contributed by atoms with van der Waals surface area (Å²) in [6.45, 7) is 0. The van der Waals surface area contributed by atoms with Gasteiger partial charge in [0.15, 0.2) is 0 Å². The molecule has 0 aliphatic heterocycles. The third kappa shape index (κ3) is 2.68. The first-order chi connectivity index (χ1) is 7.79. The Kier molecular flexibility index (Phi) is 3.70. The number of likely N-dealkylation sites (N-methyl/N-ethyl adjacent to an activating group) is 1. The molecule has 1 aromatic carbocycles. The molecule has 0 aliphatic carbocycles. The van der Waals surface area contributed by atoms with Gasteiger partial charge in [-0.05, 0) is 36.2 Å². The van der Waals surface area contributed by atoms with Gasteiger partial charge in [0.05, 0.1) is 0 Å². The summed E-state index contributed by atoms with van der Waals surface area (Å²) in [5.41, 5.74) is 1.12. The Hall–Kier alpha value is -1.19. The van der Waals surface area contributed by atoms with Crippen molar-refractivity contribution >= 4 is 11.3 Å². The van der Waals surface area contributed by atoms with Crippen LogP contribution in [0, 0.1) is 5.82 Å². The van der Waals surface area contributed by atoms with Crippen LogP contribution in [-0.2, 0) is 6.42 Å². The topological polar surface area (TPSA) is 12.0 Å². The number of halogens is 1. The summed E-state index contributed by atoms with van der Waals surface area (Å²) in [6.07, 6.45) is 0.944. The van der Waals surface area contributed by atoms with Crippen LogP contribution in [0.15, 0.2) is 41.8 Å². The van der Waals surface area contributed by atoms with Crippen LogP contribution in [-0.4, -0.2) is 7.05 Å². The lowest BCUT2D eigenvalue weighted by atomic mass is 10.0. The van der Waals surface area contributed by atoms with Gasteiger partial charge in [0.2, 0.25) is 0 Å². The molecule has 0 aliphatic rings. The van der Waals surface area contributed by atoms with E-state index >= 15 is 0 Å². The van der Waals surface area contributed by atoms with Crippen molar-refractivity contribution in [2.45, 2.75) is 12.5 Å². The van der Waals surface area contributed by atoms with Crippen LogP contribution < -0.4 is 5.32 Å². The van der Waals surface area contributed by atoms with E-state index in [9.17, 15) is 4.39 Å². The fourth-order valence-electron chi connectivity index (χ4n) is 1.71. The van der Waals surface area contributed by atoms with Crippen molar-refractivity contribution < 1.29 is 4.39 Å². The zero-order valence-electron chi connectivity index (χ0n) is 9.11. The van der Waals surface area contributed by atoms with Gasteiger partial charge in [-0.2, -0.15) is 0 Å². The van der Waals surface area contributed by atoms with E-state index in [2.05, 4.69) is 22.8 Å². The lowest BCUT2D eigenvalue weighted by Gasteiger charge is -2.15. The van der Waals surface area contributed by atoms with Crippen molar-refractivity contribution in [3.8, 4) is 0 Å². The number of rotatable bonds is 4. The summed E-state index contributed by atoms with van der Waals surface area (Å²) >= 11 is 1.75. The van der Waals surface area contributed by atoms with Gasteiger partial charge in [0, 0.05) is 17.3 Å². The van der Waals surface area contributed by atoms with Crippen molar-refractivity contribution in [2.75, 3.05) is 7.05 Å². The Morgan fingerprint density at radius 3 is 2.56 bits per heavy atom. The van der Waals surface area contributed by atoms with E-state index in [0.29, 0.717) is 0 Å². The highest BCUT2D eigenvalue weighted by molar-refractivity contribution is 7.09. The van der Waals surface area contributed by atoms with Crippen molar-refractivity contribution in [1.82, 2.24) is 5.32 Å². The molecule has 0 bridgehead atoms. The SMILES string of the molecule is CNC(Cc1cccs1)c1ccc(F)cc1. The number of hydrogen-bond acceptors (Lipinski definition) is 2. The molecule has 0 amide bonds. The van der Waals surface area contributed by atoms with E-state index in [1.807, 2.05) is 19.2 Å². The Balaban J connectivity index is 2.13. The molecule has 2 aromatic rings. The third-order valence-corrected chi connectivity index (χ3v) is 3.50. The first-order valence-corrected chi connectivity index (χ1v) is 6.12. The molecule has 1 atom stereocenters. The fraction of sp³-hybridized carbons (Fsp3) is 0.231. The van der Waals surface area contributed by atoms with Crippen LogP contribution in [0.3, 0.4) is 0 Å². The van der Waals surface area contributed by atoms with Crippen LogP contribution in [0.1, 0.15) is 16.5 Å². The summed E-state index contributed by atoms with van der Waals surface area (Å²) in [4.78, 5) is 1.34. The van der Waals surface area contributed by atoms with E-state index < -0.39 is 0 Å². The molecule has 2 rings (SSSR count). The van der Waals surface area contributed by atoms with E-state index in [4.69, 9.17) is 0 Å².